The van der Waals surface area contributed by atoms with E-state index in [1.807, 2.05) is 41.5 Å². The number of fused-ring (bicyclic) bond motifs is 2. The SMILES string of the molecule is CCO[Si]12OCC(Oc3ccc(/C(=N\O)N(O)C(C)(C)C(C)(C)C)cc3)(CO1)O2. The molecule has 0 saturated carbocycles. The Balaban J connectivity index is 1.73. The summed E-state index contributed by atoms with van der Waals surface area (Å²) in [7, 11) is -3.06. The van der Waals surface area contributed by atoms with Crippen molar-refractivity contribution in [2.75, 3.05) is 19.8 Å². The number of nitrogens with zero attached hydrogens (tertiary/aromatic N) is 2. The zero-order valence-corrected chi connectivity index (χ0v) is 18.8. The molecule has 2 aliphatic rings. The first-order valence-corrected chi connectivity index (χ1v) is 11.2. The van der Waals surface area contributed by atoms with Gasteiger partial charge in [-0.2, -0.15) is 0 Å². The predicted molar refractivity (Wildman–Crippen MR) is 106 cm³/mol. The van der Waals surface area contributed by atoms with Crippen LogP contribution in [-0.2, 0) is 17.7 Å². The average molecular weight is 427 g/mol. The molecule has 9 nitrogen and oxygen atoms in total. The first kappa shape index (κ1) is 22.0. The molecule has 2 bridgehead atoms. The van der Waals surface area contributed by atoms with Crippen LogP contribution < -0.4 is 4.74 Å². The number of oxime groups is 1. The molecule has 0 amide bonds. The molecule has 2 fully saturated rings. The van der Waals surface area contributed by atoms with E-state index in [1.165, 1.54) is 0 Å². The average Bonchev–Trinajstić information content (AvgIpc) is 3.18. The second-order valence-corrected chi connectivity index (χ2v) is 10.8. The van der Waals surface area contributed by atoms with Gasteiger partial charge < -0.3 is 27.6 Å². The number of hydrogen-bond donors (Lipinski definition) is 2. The van der Waals surface area contributed by atoms with Crippen molar-refractivity contribution >= 4 is 14.9 Å². The van der Waals surface area contributed by atoms with Gasteiger partial charge in [-0.25, -0.2) is 5.06 Å². The Labute approximate surface area is 172 Å². The Morgan fingerprint density at radius 3 is 2.24 bits per heavy atom. The van der Waals surface area contributed by atoms with Crippen LogP contribution in [0.2, 0.25) is 0 Å². The van der Waals surface area contributed by atoms with Crippen LogP contribution in [0.3, 0.4) is 0 Å². The van der Waals surface area contributed by atoms with Crippen molar-refractivity contribution in [3.63, 3.8) is 0 Å². The number of rotatable bonds is 6. The fourth-order valence-corrected chi connectivity index (χ4v) is 5.08. The second-order valence-electron chi connectivity index (χ2n) is 8.69. The van der Waals surface area contributed by atoms with E-state index < -0.39 is 20.4 Å². The molecule has 2 N–H and O–H groups in total. The van der Waals surface area contributed by atoms with Gasteiger partial charge in [0.25, 0.3) is 5.79 Å². The number of amidine groups is 1. The summed E-state index contributed by atoms with van der Waals surface area (Å²) in [6, 6.07) is 6.80. The van der Waals surface area contributed by atoms with Gasteiger partial charge in [0, 0.05) is 12.2 Å². The predicted octanol–water partition coefficient (Wildman–Crippen LogP) is 2.96. The van der Waals surface area contributed by atoms with Gasteiger partial charge in [0.05, 0.1) is 5.54 Å². The summed E-state index contributed by atoms with van der Waals surface area (Å²) in [5, 5.41) is 24.6. The molecule has 3 rings (SSSR count). The Bertz CT molecular complexity index is 753. The molecule has 1 aromatic carbocycles. The van der Waals surface area contributed by atoms with E-state index in [-0.39, 0.29) is 24.5 Å². The van der Waals surface area contributed by atoms with Gasteiger partial charge >= 0.3 is 9.05 Å². The van der Waals surface area contributed by atoms with Crippen molar-refractivity contribution in [3.05, 3.63) is 29.8 Å². The third-order valence-electron chi connectivity index (χ3n) is 5.65. The van der Waals surface area contributed by atoms with Crippen LogP contribution in [0.1, 0.15) is 47.1 Å². The molecule has 0 aromatic heterocycles. The maximum absolute atomic E-state index is 10.7. The minimum atomic E-state index is -3.06. The maximum atomic E-state index is 10.7. The summed E-state index contributed by atoms with van der Waals surface area (Å²) < 4.78 is 28.5. The van der Waals surface area contributed by atoms with Gasteiger partial charge in [-0.1, -0.05) is 25.9 Å². The van der Waals surface area contributed by atoms with Crippen molar-refractivity contribution in [1.29, 1.82) is 0 Å². The molecule has 162 valence electrons. The highest BCUT2D eigenvalue weighted by Gasteiger charge is 2.68. The van der Waals surface area contributed by atoms with Crippen molar-refractivity contribution in [2.45, 2.75) is 52.9 Å². The summed E-state index contributed by atoms with van der Waals surface area (Å²) in [5.41, 5.74) is -0.438. The van der Waals surface area contributed by atoms with Crippen LogP contribution in [0.25, 0.3) is 0 Å². The quantitative estimate of drug-likeness (QED) is 0.235. The highest BCUT2D eigenvalue weighted by molar-refractivity contribution is 6.55. The third kappa shape index (κ3) is 4.00. The summed E-state index contributed by atoms with van der Waals surface area (Å²) in [4.78, 5) is 0. The van der Waals surface area contributed by atoms with E-state index in [2.05, 4.69) is 5.16 Å². The van der Waals surface area contributed by atoms with E-state index in [4.69, 9.17) is 22.4 Å². The van der Waals surface area contributed by atoms with Crippen LogP contribution in [0.15, 0.2) is 29.4 Å². The molecule has 0 aliphatic carbocycles. The minimum absolute atomic E-state index is 0.0436. The molecule has 0 radical (unpaired) electrons. The molecular formula is C19H30N2O7Si. The van der Waals surface area contributed by atoms with Gasteiger partial charge in [0.15, 0.2) is 5.84 Å². The lowest BCUT2D eigenvalue weighted by Gasteiger charge is -2.44. The van der Waals surface area contributed by atoms with E-state index in [9.17, 15) is 10.4 Å². The smallest absolute Gasteiger partial charge is 0.458 e. The molecule has 0 spiro atoms. The van der Waals surface area contributed by atoms with Gasteiger partial charge in [-0.05, 0) is 50.5 Å². The Kier molecular flexibility index (Phi) is 5.71. The first-order valence-electron chi connectivity index (χ1n) is 9.60. The van der Waals surface area contributed by atoms with Gasteiger partial charge in [-0.15, -0.1) is 0 Å². The van der Waals surface area contributed by atoms with E-state index in [0.29, 0.717) is 17.9 Å². The lowest BCUT2D eigenvalue weighted by atomic mass is 9.76. The maximum Gasteiger partial charge on any atom is 0.683 e. The van der Waals surface area contributed by atoms with E-state index in [1.54, 1.807) is 24.3 Å². The zero-order chi connectivity index (χ0) is 21.5. The van der Waals surface area contributed by atoms with Crippen LogP contribution in [0.4, 0.5) is 0 Å². The number of benzene rings is 1. The largest absolute Gasteiger partial charge is 0.683 e. The summed E-state index contributed by atoms with van der Waals surface area (Å²) in [5.74, 6) is -0.448. The normalized spacial score (nSPS) is 27.3. The topological polar surface area (TPSA) is 102 Å². The summed E-state index contributed by atoms with van der Waals surface area (Å²) in [6.45, 7) is 12.5. The van der Waals surface area contributed by atoms with E-state index in [0.717, 1.165) is 5.06 Å². The van der Waals surface area contributed by atoms with Gasteiger partial charge in [0.1, 0.15) is 19.0 Å². The molecule has 29 heavy (non-hydrogen) atoms. The molecule has 2 aliphatic heterocycles. The fourth-order valence-electron chi connectivity index (χ4n) is 2.89. The van der Waals surface area contributed by atoms with Crippen LogP contribution in [0, 0.1) is 5.41 Å². The minimum Gasteiger partial charge on any atom is -0.458 e. The molecular weight excluding hydrogens is 396 g/mol. The monoisotopic (exact) mass is 426 g/mol. The van der Waals surface area contributed by atoms with Gasteiger partial charge in [0.2, 0.25) is 0 Å². The number of ether oxygens (including phenoxy) is 1. The zero-order valence-electron chi connectivity index (χ0n) is 17.8. The third-order valence-corrected chi connectivity index (χ3v) is 7.91. The molecule has 0 atom stereocenters. The molecule has 1 aromatic rings. The standard InChI is InChI=1S/C19H30N2O7Si/c1-7-24-29-25-12-19(28-29,13-26-29)27-15-10-8-14(9-11-15)16(20-22)21(23)18(5,6)17(2,3)4/h8-11,22-23H,7,12-13H2,1-6H3/b20-16+. The van der Waals surface area contributed by atoms with Crippen molar-refractivity contribution in [2.24, 2.45) is 10.6 Å². The van der Waals surface area contributed by atoms with Crippen molar-refractivity contribution in [1.82, 2.24) is 5.06 Å². The van der Waals surface area contributed by atoms with Crippen molar-refractivity contribution < 1.29 is 32.9 Å². The van der Waals surface area contributed by atoms with Crippen LogP contribution in [-0.4, -0.2) is 61.5 Å². The Morgan fingerprint density at radius 1 is 1.17 bits per heavy atom. The molecule has 2 saturated heterocycles. The molecule has 10 heteroatoms. The molecule has 2 heterocycles. The second kappa shape index (κ2) is 7.53. The van der Waals surface area contributed by atoms with Gasteiger partial charge in [-0.3, -0.25) is 5.21 Å². The highest BCUT2D eigenvalue weighted by Crippen LogP contribution is 2.39. The summed E-state index contributed by atoms with van der Waals surface area (Å²) in [6.07, 6.45) is 0. The Hall–Kier alpha value is -1.69. The highest BCUT2D eigenvalue weighted by atomic mass is 28.4. The number of hydrogen-bond acceptors (Lipinski definition) is 8. The fraction of sp³-hybridized carbons (Fsp3) is 0.632. The summed E-state index contributed by atoms with van der Waals surface area (Å²) >= 11 is 0. The number of hydroxylamine groups is 2. The van der Waals surface area contributed by atoms with E-state index >= 15 is 0 Å². The molecule has 0 unspecified atom stereocenters. The van der Waals surface area contributed by atoms with Crippen LogP contribution >= 0.6 is 0 Å². The van der Waals surface area contributed by atoms with Crippen molar-refractivity contribution in [3.8, 4) is 5.75 Å². The first-order chi connectivity index (χ1) is 13.5. The van der Waals surface area contributed by atoms with Crippen LogP contribution in [0.5, 0.6) is 5.75 Å². The lowest BCUT2D eigenvalue weighted by molar-refractivity contribution is -0.134. The Morgan fingerprint density at radius 2 is 1.76 bits per heavy atom. The lowest BCUT2D eigenvalue weighted by Crippen LogP contribution is -2.54.